The number of sulfonamides is 2. The van der Waals surface area contributed by atoms with E-state index in [9.17, 15) is 31.1 Å². The molecule has 10 nitrogen and oxygen atoms in total. The van der Waals surface area contributed by atoms with Gasteiger partial charge in [0.25, 0.3) is 10.0 Å². The number of ether oxygens (including phenoxy) is 1. The minimum absolute atomic E-state index is 0.0779. The van der Waals surface area contributed by atoms with Crippen LogP contribution in [-0.4, -0.2) is 75.9 Å². The number of carbonyl (C=O) groups is 1. The zero-order chi connectivity index (χ0) is 29.9. The maximum atomic E-state index is 13.4. The normalized spacial score (nSPS) is 19.1. The monoisotopic (exact) mass is 625 g/mol. The highest BCUT2D eigenvalue weighted by atomic mass is 32.2. The van der Waals surface area contributed by atoms with Crippen molar-refractivity contribution in [2.45, 2.75) is 41.5 Å². The molecule has 0 fully saturated rings. The van der Waals surface area contributed by atoms with Crippen molar-refractivity contribution in [3.63, 3.8) is 0 Å². The molecular formula is C27H32FN3O7S3. The average Bonchev–Trinajstić information content (AvgIpc) is 3.49. The molecule has 3 atom stereocenters. The quantitative estimate of drug-likeness (QED) is 0.373. The Bertz CT molecular complexity index is 1580. The number of nitrogens with zero attached hydrogens (tertiary/aromatic N) is 2. The van der Waals surface area contributed by atoms with Gasteiger partial charge in [0.15, 0.2) is 0 Å². The molecule has 0 unspecified atom stereocenters. The highest BCUT2D eigenvalue weighted by Gasteiger charge is 2.33. The van der Waals surface area contributed by atoms with Gasteiger partial charge >= 0.3 is 0 Å². The summed E-state index contributed by atoms with van der Waals surface area (Å²) in [4.78, 5) is 14.8. The van der Waals surface area contributed by atoms with E-state index < -0.39 is 38.0 Å². The van der Waals surface area contributed by atoms with Crippen LogP contribution >= 0.6 is 11.3 Å². The van der Waals surface area contributed by atoms with Crippen molar-refractivity contribution < 1.29 is 35.9 Å². The summed E-state index contributed by atoms with van der Waals surface area (Å²) < 4.78 is 75.5. The summed E-state index contributed by atoms with van der Waals surface area (Å²) in [6.07, 6.45) is -0.862. The van der Waals surface area contributed by atoms with Gasteiger partial charge in [0.2, 0.25) is 15.9 Å². The fourth-order valence-corrected chi connectivity index (χ4v) is 7.70. The molecule has 1 aromatic heterocycles. The second-order valence-corrected chi connectivity index (χ2v) is 14.9. The first-order valence-corrected chi connectivity index (χ1v) is 16.6. The second-order valence-electron chi connectivity index (χ2n) is 9.99. The molecule has 4 rings (SSSR count). The lowest BCUT2D eigenvalue weighted by Gasteiger charge is -2.33. The molecule has 1 aliphatic heterocycles. The summed E-state index contributed by atoms with van der Waals surface area (Å²) in [5.74, 6) is -0.923. The lowest BCUT2D eigenvalue weighted by molar-refractivity contribution is -0.134. The molecule has 0 radical (unpaired) electrons. The van der Waals surface area contributed by atoms with Gasteiger partial charge in [-0.3, -0.25) is 9.52 Å². The molecule has 1 amide bonds. The molecule has 0 saturated heterocycles. The number of benzene rings is 2. The molecule has 41 heavy (non-hydrogen) atoms. The van der Waals surface area contributed by atoms with E-state index in [2.05, 4.69) is 4.72 Å². The van der Waals surface area contributed by atoms with E-state index in [-0.39, 0.29) is 52.7 Å². The van der Waals surface area contributed by atoms with Crippen molar-refractivity contribution in [3.8, 4) is 5.75 Å². The maximum Gasteiger partial charge on any atom is 0.271 e. The van der Waals surface area contributed by atoms with Gasteiger partial charge in [-0.2, -0.15) is 4.31 Å². The fraction of sp³-hybridized carbons (Fsp3) is 0.370. The van der Waals surface area contributed by atoms with Crippen LogP contribution in [0.2, 0.25) is 0 Å². The van der Waals surface area contributed by atoms with Crippen molar-refractivity contribution in [2.24, 2.45) is 5.92 Å². The smallest absolute Gasteiger partial charge is 0.271 e. The fourth-order valence-electron chi connectivity index (χ4n) is 4.47. The van der Waals surface area contributed by atoms with E-state index in [1.54, 1.807) is 24.4 Å². The molecule has 0 aliphatic carbocycles. The number of rotatable bonds is 9. The number of aliphatic hydroxyl groups excluding tert-OH is 1. The Morgan fingerprint density at radius 1 is 1.17 bits per heavy atom. The summed E-state index contributed by atoms with van der Waals surface area (Å²) >= 11 is 1.07. The molecule has 0 spiro atoms. The van der Waals surface area contributed by atoms with E-state index in [4.69, 9.17) is 4.74 Å². The minimum Gasteiger partial charge on any atom is -0.488 e. The number of hydrogen-bond acceptors (Lipinski definition) is 8. The Kier molecular flexibility index (Phi) is 9.39. The van der Waals surface area contributed by atoms with Crippen LogP contribution in [0.25, 0.3) is 0 Å². The molecule has 2 aromatic carbocycles. The molecule has 0 saturated carbocycles. The first-order chi connectivity index (χ1) is 19.3. The first-order valence-electron chi connectivity index (χ1n) is 12.8. The summed E-state index contributed by atoms with van der Waals surface area (Å²) in [6.45, 7) is 3.33. The van der Waals surface area contributed by atoms with E-state index in [1.165, 1.54) is 42.3 Å². The highest BCUT2D eigenvalue weighted by molar-refractivity contribution is 7.94. The van der Waals surface area contributed by atoms with Crippen molar-refractivity contribution in [1.29, 1.82) is 0 Å². The molecule has 0 bridgehead atoms. The van der Waals surface area contributed by atoms with Crippen molar-refractivity contribution in [2.75, 3.05) is 31.5 Å². The van der Waals surface area contributed by atoms with E-state index in [0.29, 0.717) is 11.3 Å². The Morgan fingerprint density at radius 2 is 1.88 bits per heavy atom. The number of halogens is 1. The van der Waals surface area contributed by atoms with Gasteiger partial charge in [0.1, 0.15) is 21.9 Å². The van der Waals surface area contributed by atoms with Crippen LogP contribution in [0, 0.1) is 11.7 Å². The summed E-state index contributed by atoms with van der Waals surface area (Å²) in [7, 11) is -6.44. The number of carbonyl (C=O) groups excluding carboxylic acids is 1. The third-order valence-corrected chi connectivity index (χ3v) is 11.5. The zero-order valence-corrected chi connectivity index (χ0v) is 25.2. The lowest BCUT2D eigenvalue weighted by atomic mass is 10.0. The van der Waals surface area contributed by atoms with Crippen LogP contribution in [0.1, 0.15) is 19.4 Å². The molecule has 3 aromatic rings. The number of anilines is 1. The molecule has 2 heterocycles. The van der Waals surface area contributed by atoms with Crippen LogP contribution in [0.5, 0.6) is 5.75 Å². The molecule has 1 aliphatic rings. The van der Waals surface area contributed by atoms with Crippen molar-refractivity contribution >= 4 is 43.0 Å². The van der Waals surface area contributed by atoms with Crippen LogP contribution in [0.4, 0.5) is 10.1 Å². The van der Waals surface area contributed by atoms with Gasteiger partial charge in [0, 0.05) is 30.8 Å². The van der Waals surface area contributed by atoms with Gasteiger partial charge in [-0.05, 0) is 60.8 Å². The average molecular weight is 626 g/mol. The van der Waals surface area contributed by atoms with Crippen molar-refractivity contribution in [1.82, 2.24) is 9.21 Å². The predicted molar refractivity (Wildman–Crippen MR) is 153 cm³/mol. The predicted octanol–water partition coefficient (Wildman–Crippen LogP) is 3.16. The number of nitrogens with one attached hydrogen (secondary N) is 1. The van der Waals surface area contributed by atoms with Crippen LogP contribution < -0.4 is 9.46 Å². The third kappa shape index (κ3) is 7.07. The van der Waals surface area contributed by atoms with Gasteiger partial charge in [-0.15, -0.1) is 11.3 Å². The lowest BCUT2D eigenvalue weighted by Crippen LogP contribution is -2.48. The Balaban J connectivity index is 1.68. The highest BCUT2D eigenvalue weighted by Crippen LogP contribution is 2.31. The number of amides is 1. The van der Waals surface area contributed by atoms with Gasteiger partial charge in [-0.25, -0.2) is 21.2 Å². The van der Waals surface area contributed by atoms with E-state index in [1.807, 2.05) is 6.92 Å². The standard InChI is InChI=1S/C27H32FN3O7S3/c1-18-15-31(19(2)17-32)26(33)14-20-13-22(29-40(34,35)27-5-4-12-39-27)8-11-24(20)38-25(18)16-30(3)41(36,37)23-9-6-21(28)7-10-23/h4-13,18-19,25,29,32H,14-17H2,1-3H3/t18-,19+,25+/m0/s1. The number of hydrogen-bond donors (Lipinski definition) is 2. The van der Waals surface area contributed by atoms with E-state index >= 15 is 0 Å². The number of fused-ring (bicyclic) bond motifs is 1. The summed E-state index contributed by atoms with van der Waals surface area (Å²) in [5.41, 5.74) is 0.634. The van der Waals surface area contributed by atoms with Crippen LogP contribution in [-0.2, 0) is 31.3 Å². The Hall–Kier alpha value is -3.04. The minimum atomic E-state index is -3.99. The number of aliphatic hydroxyl groups is 1. The van der Waals surface area contributed by atoms with Crippen LogP contribution in [0.3, 0.4) is 0 Å². The van der Waals surface area contributed by atoms with E-state index in [0.717, 1.165) is 27.8 Å². The Morgan fingerprint density at radius 3 is 2.51 bits per heavy atom. The van der Waals surface area contributed by atoms with Crippen molar-refractivity contribution in [3.05, 3.63) is 71.4 Å². The number of likely N-dealkylation sites (N-methyl/N-ethyl adjacent to an activating group) is 1. The Labute approximate surface area is 243 Å². The molecule has 222 valence electrons. The number of thiophene rings is 1. The van der Waals surface area contributed by atoms with Gasteiger partial charge < -0.3 is 14.7 Å². The molecule has 14 heteroatoms. The SMILES string of the molecule is C[C@H](CO)N1C[C@H](C)[C@@H](CN(C)S(=O)(=O)c2ccc(F)cc2)Oc2ccc(NS(=O)(=O)c3cccs3)cc2CC1=O. The van der Waals surface area contributed by atoms with Crippen LogP contribution in [0.15, 0.2) is 69.1 Å². The third-order valence-electron chi connectivity index (χ3n) is 6.89. The largest absolute Gasteiger partial charge is 0.488 e. The topological polar surface area (TPSA) is 133 Å². The molecular weight excluding hydrogens is 594 g/mol. The first kappa shape index (κ1) is 30.9. The second kappa shape index (κ2) is 12.4. The summed E-state index contributed by atoms with van der Waals surface area (Å²) in [6, 6.07) is 11.7. The summed E-state index contributed by atoms with van der Waals surface area (Å²) in [5, 5.41) is 11.5. The zero-order valence-electron chi connectivity index (χ0n) is 22.7. The van der Waals surface area contributed by atoms with Gasteiger partial charge in [0.05, 0.1) is 30.5 Å². The molecule has 2 N–H and O–H groups in total. The maximum absolute atomic E-state index is 13.4. The van der Waals surface area contributed by atoms with Gasteiger partial charge in [-0.1, -0.05) is 13.0 Å².